The Morgan fingerprint density at radius 3 is 2.59 bits per heavy atom. The van der Waals surface area contributed by atoms with Crippen molar-refractivity contribution in [2.45, 2.75) is 20.3 Å². The summed E-state index contributed by atoms with van der Waals surface area (Å²) in [5, 5.41) is 5.76. The van der Waals surface area contributed by atoms with Crippen molar-refractivity contribution in [1.82, 2.24) is 4.98 Å². The van der Waals surface area contributed by atoms with Crippen molar-refractivity contribution in [2.75, 3.05) is 21.1 Å². The SMILES string of the molecule is C=Nc1ccc(Nc2c(F)ccc(NS(=O)(=O)CCC)c2F)cc1N=C(C)Nc1cccnc1. The van der Waals surface area contributed by atoms with Crippen molar-refractivity contribution in [2.24, 2.45) is 9.98 Å². The summed E-state index contributed by atoms with van der Waals surface area (Å²) in [4.78, 5) is 12.4. The van der Waals surface area contributed by atoms with Crippen LogP contribution < -0.4 is 15.4 Å². The average Bonchev–Trinajstić information content (AvgIpc) is 2.79. The standard InChI is InChI=1S/C23H24F2N6O2S/c1-4-12-34(32,33)31-20-10-8-18(24)23(22(20)25)30-16-7-9-19(26-3)21(13-16)29-15(2)28-17-6-5-11-27-14-17/h5-11,13-14,30-31H,3-4,12H2,1-2H3,(H,28,29). The Morgan fingerprint density at radius 1 is 1.12 bits per heavy atom. The summed E-state index contributed by atoms with van der Waals surface area (Å²) in [5.74, 6) is -1.61. The number of hydrogen-bond acceptors (Lipinski definition) is 6. The summed E-state index contributed by atoms with van der Waals surface area (Å²) in [7, 11) is -3.75. The number of anilines is 4. The van der Waals surface area contributed by atoms with Crippen LogP contribution in [0.4, 0.5) is 42.9 Å². The second-order valence-electron chi connectivity index (χ2n) is 7.26. The lowest BCUT2D eigenvalue weighted by molar-refractivity contribution is 0.588. The molecule has 0 aliphatic heterocycles. The van der Waals surface area contributed by atoms with Gasteiger partial charge in [-0.25, -0.2) is 22.2 Å². The smallest absolute Gasteiger partial charge is 0.232 e. The molecule has 0 amide bonds. The fraction of sp³-hybridized carbons (Fsp3) is 0.174. The zero-order valence-electron chi connectivity index (χ0n) is 18.6. The van der Waals surface area contributed by atoms with E-state index in [2.05, 4.69) is 37.0 Å². The van der Waals surface area contributed by atoms with Crippen LogP contribution >= 0.6 is 0 Å². The molecule has 3 aromatic rings. The molecule has 3 rings (SSSR count). The molecule has 0 aliphatic carbocycles. The molecule has 0 atom stereocenters. The second-order valence-corrected chi connectivity index (χ2v) is 9.10. The summed E-state index contributed by atoms with van der Waals surface area (Å²) in [6.07, 6.45) is 3.64. The van der Waals surface area contributed by atoms with E-state index in [1.807, 2.05) is 6.07 Å². The van der Waals surface area contributed by atoms with Gasteiger partial charge in [-0.15, -0.1) is 0 Å². The van der Waals surface area contributed by atoms with Crippen molar-refractivity contribution in [3.63, 3.8) is 0 Å². The first kappa shape index (κ1) is 24.8. The van der Waals surface area contributed by atoms with E-state index in [0.29, 0.717) is 29.3 Å². The van der Waals surface area contributed by atoms with Gasteiger partial charge in [0.05, 0.1) is 34.7 Å². The van der Waals surface area contributed by atoms with Crippen LogP contribution in [0.2, 0.25) is 0 Å². The fourth-order valence-corrected chi connectivity index (χ4v) is 4.19. The molecule has 2 aromatic carbocycles. The van der Waals surface area contributed by atoms with E-state index in [0.717, 1.165) is 17.8 Å². The lowest BCUT2D eigenvalue weighted by Gasteiger charge is -2.14. The molecule has 8 nitrogen and oxygen atoms in total. The van der Waals surface area contributed by atoms with Crippen LogP contribution in [0.3, 0.4) is 0 Å². The van der Waals surface area contributed by atoms with Gasteiger partial charge in [-0.2, -0.15) is 0 Å². The molecule has 0 unspecified atom stereocenters. The Morgan fingerprint density at radius 2 is 1.91 bits per heavy atom. The van der Waals surface area contributed by atoms with Gasteiger partial charge in [-0.05, 0) is 62.5 Å². The largest absolute Gasteiger partial charge is 0.351 e. The van der Waals surface area contributed by atoms with E-state index in [1.54, 1.807) is 50.5 Å². The first-order chi connectivity index (χ1) is 16.2. The van der Waals surface area contributed by atoms with Gasteiger partial charge < -0.3 is 10.6 Å². The maximum atomic E-state index is 15.0. The van der Waals surface area contributed by atoms with Gasteiger partial charge in [0.2, 0.25) is 10.0 Å². The van der Waals surface area contributed by atoms with Crippen LogP contribution in [0.1, 0.15) is 20.3 Å². The summed E-state index contributed by atoms with van der Waals surface area (Å²) >= 11 is 0. The number of halogens is 2. The Hall–Kier alpha value is -3.86. The van der Waals surface area contributed by atoms with Gasteiger partial charge in [0.25, 0.3) is 0 Å². The Labute approximate surface area is 196 Å². The highest BCUT2D eigenvalue weighted by atomic mass is 32.2. The summed E-state index contributed by atoms with van der Waals surface area (Å²) in [5.41, 5.74) is 1.05. The number of benzene rings is 2. The number of hydrogen-bond donors (Lipinski definition) is 3. The zero-order valence-corrected chi connectivity index (χ0v) is 19.5. The van der Waals surface area contributed by atoms with Crippen LogP contribution in [0.25, 0.3) is 0 Å². The number of aromatic nitrogens is 1. The minimum atomic E-state index is -3.75. The highest BCUT2D eigenvalue weighted by Crippen LogP contribution is 2.34. The third kappa shape index (κ3) is 6.35. The van der Waals surface area contributed by atoms with Gasteiger partial charge in [-0.1, -0.05) is 6.92 Å². The highest BCUT2D eigenvalue weighted by molar-refractivity contribution is 7.92. The van der Waals surface area contributed by atoms with E-state index in [9.17, 15) is 17.2 Å². The second kappa shape index (κ2) is 10.8. The number of sulfonamides is 1. The first-order valence-electron chi connectivity index (χ1n) is 10.3. The number of rotatable bonds is 9. The van der Waals surface area contributed by atoms with Gasteiger partial charge in [0.1, 0.15) is 17.3 Å². The molecular weight excluding hydrogens is 462 g/mol. The third-order valence-electron chi connectivity index (χ3n) is 4.52. The predicted octanol–water partition coefficient (Wildman–Crippen LogP) is 5.75. The average molecular weight is 487 g/mol. The van der Waals surface area contributed by atoms with Gasteiger partial charge in [0.15, 0.2) is 5.82 Å². The van der Waals surface area contributed by atoms with Crippen molar-refractivity contribution < 1.29 is 17.2 Å². The Bertz CT molecular complexity index is 1310. The third-order valence-corrected chi connectivity index (χ3v) is 6.00. The maximum Gasteiger partial charge on any atom is 0.232 e. The molecule has 0 saturated heterocycles. The molecular formula is C23H24F2N6O2S. The van der Waals surface area contributed by atoms with Gasteiger partial charge >= 0.3 is 0 Å². The minimum absolute atomic E-state index is 0.184. The molecule has 0 saturated carbocycles. The summed E-state index contributed by atoms with van der Waals surface area (Å²) in [6, 6.07) is 10.3. The molecule has 0 aliphatic rings. The molecule has 34 heavy (non-hydrogen) atoms. The lowest BCUT2D eigenvalue weighted by atomic mass is 10.2. The molecule has 0 bridgehead atoms. The molecule has 0 fully saturated rings. The number of amidine groups is 1. The number of pyridine rings is 1. The van der Waals surface area contributed by atoms with Crippen molar-refractivity contribution in [1.29, 1.82) is 0 Å². The molecule has 11 heteroatoms. The number of nitrogens with one attached hydrogen (secondary N) is 3. The molecule has 0 radical (unpaired) electrons. The normalized spacial score (nSPS) is 11.7. The van der Waals surface area contributed by atoms with E-state index >= 15 is 0 Å². The van der Waals surface area contributed by atoms with Crippen LogP contribution in [0, 0.1) is 11.6 Å². The highest BCUT2D eigenvalue weighted by Gasteiger charge is 2.18. The monoisotopic (exact) mass is 486 g/mol. The van der Waals surface area contributed by atoms with Crippen molar-refractivity contribution in [3.8, 4) is 0 Å². The van der Waals surface area contributed by atoms with Crippen LogP contribution in [-0.2, 0) is 10.0 Å². The molecule has 1 aromatic heterocycles. The fourth-order valence-electron chi connectivity index (χ4n) is 3.06. The predicted molar refractivity (Wildman–Crippen MR) is 134 cm³/mol. The van der Waals surface area contributed by atoms with Crippen LogP contribution in [0.15, 0.2) is 64.8 Å². The topological polar surface area (TPSA) is 108 Å². The molecule has 3 N–H and O–H groups in total. The lowest BCUT2D eigenvalue weighted by Crippen LogP contribution is -2.17. The van der Waals surface area contributed by atoms with Gasteiger partial charge in [0, 0.05) is 11.9 Å². The quantitative estimate of drug-likeness (QED) is 0.264. The molecule has 0 spiro atoms. The zero-order chi connectivity index (χ0) is 24.7. The number of aliphatic imine (C=N–C) groups is 2. The number of nitrogens with zero attached hydrogens (tertiary/aromatic N) is 3. The molecule has 178 valence electrons. The van der Waals surface area contributed by atoms with E-state index in [1.165, 1.54) is 0 Å². The first-order valence-corrected chi connectivity index (χ1v) is 12.0. The van der Waals surface area contributed by atoms with E-state index in [4.69, 9.17) is 0 Å². The van der Waals surface area contributed by atoms with Crippen molar-refractivity contribution >= 4 is 56.7 Å². The maximum absolute atomic E-state index is 15.0. The Kier molecular flexibility index (Phi) is 7.90. The minimum Gasteiger partial charge on any atom is -0.351 e. The molecule has 1 heterocycles. The summed E-state index contributed by atoms with van der Waals surface area (Å²) < 4.78 is 55.6. The Balaban J connectivity index is 1.91. The van der Waals surface area contributed by atoms with E-state index < -0.39 is 27.3 Å². The van der Waals surface area contributed by atoms with Crippen LogP contribution in [-0.4, -0.2) is 31.7 Å². The van der Waals surface area contributed by atoms with Gasteiger partial charge in [-0.3, -0.25) is 14.7 Å². The summed E-state index contributed by atoms with van der Waals surface area (Å²) in [6.45, 7) is 6.96. The van der Waals surface area contributed by atoms with Crippen molar-refractivity contribution in [3.05, 3.63) is 66.5 Å². The van der Waals surface area contributed by atoms with E-state index in [-0.39, 0.29) is 11.4 Å². The van der Waals surface area contributed by atoms with Crippen LogP contribution in [0.5, 0.6) is 0 Å².